The van der Waals surface area contributed by atoms with Crippen LogP contribution in [0.4, 0.5) is 13.2 Å². The second kappa shape index (κ2) is 14.4. The Morgan fingerprint density at radius 3 is 2.10 bits per heavy atom. The maximum atomic E-state index is 15.4. The molecular formula is C39H45F3. The summed E-state index contributed by atoms with van der Waals surface area (Å²) in [6.45, 7) is 4.13. The quantitative estimate of drug-likeness (QED) is 0.213. The molecule has 1 fully saturated rings. The first-order valence-electron chi connectivity index (χ1n) is 16.2. The van der Waals surface area contributed by atoms with Crippen molar-refractivity contribution in [3.8, 4) is 22.3 Å². The smallest absolute Gasteiger partial charge is 0.166 e. The van der Waals surface area contributed by atoms with Crippen molar-refractivity contribution in [3.05, 3.63) is 101 Å². The Balaban J connectivity index is 1.21. The molecule has 0 saturated heterocycles. The predicted octanol–water partition coefficient (Wildman–Crippen LogP) is 12.1. The fraction of sp³-hybridized carbons (Fsp3) is 0.436. The fourth-order valence-electron chi connectivity index (χ4n) is 7.14. The van der Waals surface area contributed by atoms with Gasteiger partial charge < -0.3 is 0 Å². The molecule has 5 rings (SSSR count). The highest BCUT2D eigenvalue weighted by Crippen LogP contribution is 2.42. The van der Waals surface area contributed by atoms with Gasteiger partial charge in [-0.05, 0) is 116 Å². The third-order valence-electron chi connectivity index (χ3n) is 9.80. The minimum Gasteiger partial charge on any atom is -0.206 e. The monoisotopic (exact) mass is 570 g/mol. The largest absolute Gasteiger partial charge is 0.206 e. The van der Waals surface area contributed by atoms with Gasteiger partial charge in [0.1, 0.15) is 5.82 Å². The molecular weight excluding hydrogens is 525 g/mol. The van der Waals surface area contributed by atoms with Crippen molar-refractivity contribution in [2.24, 2.45) is 17.8 Å². The van der Waals surface area contributed by atoms with Crippen LogP contribution in [0.2, 0.25) is 0 Å². The van der Waals surface area contributed by atoms with E-state index in [-0.39, 0.29) is 11.4 Å². The maximum absolute atomic E-state index is 15.4. The van der Waals surface area contributed by atoms with Gasteiger partial charge in [0.05, 0.1) is 0 Å². The number of benzene rings is 3. The molecule has 0 bridgehead atoms. The van der Waals surface area contributed by atoms with Crippen LogP contribution in [-0.2, 0) is 6.42 Å². The molecule has 3 aromatic rings. The molecule has 2 aliphatic rings. The van der Waals surface area contributed by atoms with Crippen molar-refractivity contribution in [2.75, 3.05) is 0 Å². The summed E-state index contributed by atoms with van der Waals surface area (Å²) in [6, 6.07) is 15.9. The van der Waals surface area contributed by atoms with Gasteiger partial charge in [-0.2, -0.15) is 0 Å². The Morgan fingerprint density at radius 1 is 0.762 bits per heavy atom. The first-order chi connectivity index (χ1) is 20.5. The van der Waals surface area contributed by atoms with E-state index >= 15 is 4.39 Å². The molecule has 0 N–H and O–H groups in total. The second-order valence-electron chi connectivity index (χ2n) is 12.5. The Morgan fingerprint density at radius 2 is 1.45 bits per heavy atom. The lowest BCUT2D eigenvalue weighted by atomic mass is 9.70. The molecule has 0 aliphatic heterocycles. The highest BCUT2D eigenvalue weighted by atomic mass is 19.2. The van der Waals surface area contributed by atoms with Crippen LogP contribution in [0.15, 0.2) is 72.8 Å². The van der Waals surface area contributed by atoms with Gasteiger partial charge in [-0.1, -0.05) is 92.9 Å². The summed E-state index contributed by atoms with van der Waals surface area (Å²) in [5.41, 5.74) is 4.70. The van der Waals surface area contributed by atoms with Gasteiger partial charge in [0, 0.05) is 11.1 Å². The Bertz CT molecular complexity index is 1390. The second-order valence-corrected chi connectivity index (χ2v) is 12.5. The molecule has 0 spiro atoms. The highest BCUT2D eigenvalue weighted by molar-refractivity contribution is 5.74. The number of allylic oxidation sites excluding steroid dienone is 4. The zero-order valence-electron chi connectivity index (χ0n) is 25.3. The number of hydrogen-bond acceptors (Lipinski definition) is 0. The summed E-state index contributed by atoms with van der Waals surface area (Å²) < 4.78 is 44.8. The van der Waals surface area contributed by atoms with Gasteiger partial charge in [-0.25, -0.2) is 13.2 Å². The van der Waals surface area contributed by atoms with Crippen LogP contribution < -0.4 is 0 Å². The lowest BCUT2D eigenvalue weighted by molar-refractivity contribution is 0.190. The average molecular weight is 571 g/mol. The molecule has 222 valence electrons. The Hall–Kier alpha value is -3.07. The topological polar surface area (TPSA) is 0 Å². The van der Waals surface area contributed by atoms with E-state index in [1.54, 1.807) is 42.5 Å². The molecule has 42 heavy (non-hydrogen) atoms. The molecule has 3 aromatic carbocycles. The zero-order valence-corrected chi connectivity index (χ0v) is 25.3. The minimum atomic E-state index is -0.817. The SMILES string of the molecule is C/C=C/CCC1CCC(C2CC=C(c3ccc(-c4ccc(-c5ccc(CCCC)c(F)c5F)cc4)c(F)c3)CC2)CC1. The maximum Gasteiger partial charge on any atom is 0.166 e. The summed E-state index contributed by atoms with van der Waals surface area (Å²) in [4.78, 5) is 0. The number of unbranched alkanes of at least 4 members (excludes halogenated alkanes) is 1. The van der Waals surface area contributed by atoms with Gasteiger partial charge in [0.25, 0.3) is 0 Å². The molecule has 3 heteroatoms. The van der Waals surface area contributed by atoms with Crippen LogP contribution in [0.1, 0.15) is 95.6 Å². The molecule has 0 amide bonds. The summed E-state index contributed by atoms with van der Waals surface area (Å²) >= 11 is 0. The Labute approximate surface area is 250 Å². The first kappa shape index (κ1) is 30.4. The lowest BCUT2D eigenvalue weighted by Crippen LogP contribution is -2.23. The van der Waals surface area contributed by atoms with Crippen LogP contribution in [-0.4, -0.2) is 0 Å². The van der Waals surface area contributed by atoms with E-state index in [0.29, 0.717) is 23.1 Å². The summed E-state index contributed by atoms with van der Waals surface area (Å²) in [6.07, 6.45) is 20.4. The molecule has 0 radical (unpaired) electrons. The summed E-state index contributed by atoms with van der Waals surface area (Å²) in [7, 11) is 0. The van der Waals surface area contributed by atoms with Crippen LogP contribution in [0, 0.1) is 35.2 Å². The average Bonchev–Trinajstić information content (AvgIpc) is 3.02. The van der Waals surface area contributed by atoms with Crippen molar-refractivity contribution < 1.29 is 13.2 Å². The third kappa shape index (κ3) is 7.10. The van der Waals surface area contributed by atoms with Crippen molar-refractivity contribution in [1.29, 1.82) is 0 Å². The molecule has 1 saturated carbocycles. The van der Waals surface area contributed by atoms with Crippen molar-refractivity contribution in [3.63, 3.8) is 0 Å². The molecule has 2 aliphatic carbocycles. The van der Waals surface area contributed by atoms with Crippen molar-refractivity contribution >= 4 is 5.57 Å². The van der Waals surface area contributed by atoms with Crippen LogP contribution >= 0.6 is 0 Å². The molecule has 1 atom stereocenters. The van der Waals surface area contributed by atoms with E-state index in [1.807, 2.05) is 19.1 Å². The van der Waals surface area contributed by atoms with Crippen LogP contribution in [0.5, 0.6) is 0 Å². The van der Waals surface area contributed by atoms with E-state index in [4.69, 9.17) is 0 Å². The minimum absolute atomic E-state index is 0.232. The summed E-state index contributed by atoms with van der Waals surface area (Å²) in [5, 5.41) is 0. The number of halogens is 3. The molecule has 0 aromatic heterocycles. The van der Waals surface area contributed by atoms with E-state index in [9.17, 15) is 8.78 Å². The number of aryl methyl sites for hydroxylation is 1. The van der Waals surface area contributed by atoms with Gasteiger partial charge >= 0.3 is 0 Å². The van der Waals surface area contributed by atoms with E-state index < -0.39 is 11.6 Å². The first-order valence-corrected chi connectivity index (χ1v) is 16.2. The zero-order chi connectivity index (χ0) is 29.5. The number of hydrogen-bond donors (Lipinski definition) is 0. The van der Waals surface area contributed by atoms with Crippen molar-refractivity contribution in [1.82, 2.24) is 0 Å². The molecule has 1 unspecified atom stereocenters. The molecule has 0 nitrogen and oxygen atoms in total. The number of rotatable bonds is 10. The highest BCUT2D eigenvalue weighted by Gasteiger charge is 2.28. The fourth-order valence-corrected chi connectivity index (χ4v) is 7.14. The standard InChI is InChI=1S/C39H45F3/c1-3-5-7-8-27-10-12-28(13-11-27)29-14-16-30(17-15-29)34-23-24-35(37(40)26-34)31-18-20-32(21-19-31)36-25-22-33(9-6-4-2)38(41)39(36)42/h3,5,16,18-29H,4,6-15,17H2,1-2H3/b5-3+. The van der Waals surface area contributed by atoms with Gasteiger partial charge in [-0.15, -0.1) is 0 Å². The van der Waals surface area contributed by atoms with E-state index in [2.05, 4.69) is 25.2 Å². The van der Waals surface area contributed by atoms with Gasteiger partial charge in [0.2, 0.25) is 0 Å². The third-order valence-corrected chi connectivity index (χ3v) is 9.80. The van der Waals surface area contributed by atoms with E-state index in [1.165, 1.54) is 50.5 Å². The van der Waals surface area contributed by atoms with E-state index in [0.717, 1.165) is 54.6 Å². The lowest BCUT2D eigenvalue weighted by Gasteiger charge is -2.35. The van der Waals surface area contributed by atoms with Gasteiger partial charge in [-0.3, -0.25) is 0 Å². The van der Waals surface area contributed by atoms with Crippen LogP contribution in [0.3, 0.4) is 0 Å². The van der Waals surface area contributed by atoms with Crippen LogP contribution in [0.25, 0.3) is 27.8 Å². The molecule has 0 heterocycles. The Kier molecular flexibility index (Phi) is 10.4. The van der Waals surface area contributed by atoms with Gasteiger partial charge in [0.15, 0.2) is 11.6 Å². The van der Waals surface area contributed by atoms with Crippen molar-refractivity contribution in [2.45, 2.75) is 90.9 Å². The normalized spacial score (nSPS) is 21.1. The summed E-state index contributed by atoms with van der Waals surface area (Å²) in [5.74, 6) is 0.666. The predicted molar refractivity (Wildman–Crippen MR) is 171 cm³/mol.